The molecule has 0 unspecified atom stereocenters. The highest BCUT2D eigenvalue weighted by atomic mass is 16.7. The first-order valence-corrected chi connectivity index (χ1v) is 5.23. The Labute approximate surface area is 94.1 Å². The summed E-state index contributed by atoms with van der Waals surface area (Å²) in [5.74, 6) is 0.584. The zero-order valence-corrected chi connectivity index (χ0v) is 9.09. The average Bonchev–Trinajstić information content (AvgIpc) is 2.73. The van der Waals surface area contributed by atoms with Crippen molar-refractivity contribution >= 4 is 6.29 Å². The largest absolute Gasteiger partial charge is 0.490 e. The molecule has 16 heavy (non-hydrogen) atoms. The summed E-state index contributed by atoms with van der Waals surface area (Å²) in [5, 5.41) is 0. The fraction of sp³-hybridized carbons (Fsp3) is 0.417. The zero-order chi connectivity index (χ0) is 11.4. The Morgan fingerprint density at radius 1 is 1.50 bits per heavy atom. The first-order chi connectivity index (χ1) is 7.79. The number of ether oxygens (including phenoxy) is 3. The number of carbonyl (C=O) groups excluding carboxylic acids is 1. The van der Waals surface area contributed by atoms with Gasteiger partial charge in [-0.25, -0.2) is 0 Å². The number of carbonyl (C=O) groups is 1. The molecule has 1 saturated heterocycles. The van der Waals surface area contributed by atoms with Crippen LogP contribution in [0, 0.1) is 0 Å². The third-order valence-electron chi connectivity index (χ3n) is 2.37. The monoisotopic (exact) mass is 222 g/mol. The second-order valence-electron chi connectivity index (χ2n) is 3.63. The van der Waals surface area contributed by atoms with Crippen LogP contribution in [-0.4, -0.2) is 31.9 Å². The van der Waals surface area contributed by atoms with Crippen LogP contribution in [0.25, 0.3) is 0 Å². The van der Waals surface area contributed by atoms with Crippen molar-refractivity contribution in [3.8, 4) is 5.75 Å². The minimum absolute atomic E-state index is 0.0605. The van der Waals surface area contributed by atoms with Gasteiger partial charge in [0.2, 0.25) is 0 Å². The maximum Gasteiger partial charge on any atom is 0.155 e. The van der Waals surface area contributed by atoms with Gasteiger partial charge in [-0.15, -0.1) is 0 Å². The van der Waals surface area contributed by atoms with Gasteiger partial charge in [0.05, 0.1) is 12.2 Å². The molecule has 1 aliphatic rings. The zero-order valence-electron chi connectivity index (χ0n) is 9.09. The molecule has 1 fully saturated rings. The molecule has 0 N–H and O–H groups in total. The van der Waals surface area contributed by atoms with E-state index in [-0.39, 0.29) is 12.4 Å². The molecule has 2 rings (SSSR count). The van der Waals surface area contributed by atoms with Gasteiger partial charge in [-0.2, -0.15) is 0 Å². The molecule has 0 amide bonds. The van der Waals surface area contributed by atoms with E-state index in [9.17, 15) is 4.79 Å². The van der Waals surface area contributed by atoms with Crippen LogP contribution in [-0.2, 0) is 9.47 Å². The third kappa shape index (κ3) is 2.59. The van der Waals surface area contributed by atoms with E-state index < -0.39 is 0 Å². The number of aldehydes is 1. The summed E-state index contributed by atoms with van der Waals surface area (Å²) >= 11 is 0. The first-order valence-electron chi connectivity index (χ1n) is 5.23. The van der Waals surface area contributed by atoms with Gasteiger partial charge in [-0.3, -0.25) is 4.79 Å². The first kappa shape index (κ1) is 11.1. The lowest BCUT2D eigenvalue weighted by Crippen LogP contribution is -2.20. The standard InChI is InChI=1S/C12H14O4/c1-9-14-7-11(16-9)8-15-12-5-3-2-4-10(12)6-13/h2-6,9,11H,7-8H2,1H3/t9-,11+/m1/s1. The fourth-order valence-corrected chi connectivity index (χ4v) is 1.57. The Morgan fingerprint density at radius 3 is 3.00 bits per heavy atom. The molecular weight excluding hydrogens is 208 g/mol. The predicted molar refractivity (Wildman–Crippen MR) is 57.6 cm³/mol. The minimum atomic E-state index is -0.171. The number of hydrogen-bond acceptors (Lipinski definition) is 4. The number of rotatable bonds is 4. The van der Waals surface area contributed by atoms with Crippen LogP contribution in [0.5, 0.6) is 5.75 Å². The molecule has 0 spiro atoms. The van der Waals surface area contributed by atoms with Crippen molar-refractivity contribution < 1.29 is 19.0 Å². The highest BCUT2D eigenvalue weighted by Crippen LogP contribution is 2.18. The lowest BCUT2D eigenvalue weighted by molar-refractivity contribution is -0.0487. The van der Waals surface area contributed by atoms with E-state index in [4.69, 9.17) is 14.2 Å². The van der Waals surface area contributed by atoms with Crippen LogP contribution in [0.2, 0.25) is 0 Å². The molecule has 0 aromatic heterocycles. The molecule has 4 heteroatoms. The summed E-state index contributed by atoms with van der Waals surface area (Å²) in [6.45, 7) is 2.78. The Hall–Kier alpha value is -1.39. The number of hydrogen-bond donors (Lipinski definition) is 0. The van der Waals surface area contributed by atoms with Crippen molar-refractivity contribution in [3.05, 3.63) is 29.8 Å². The summed E-state index contributed by atoms with van der Waals surface area (Å²) in [7, 11) is 0. The van der Waals surface area contributed by atoms with Crippen LogP contribution in [0.1, 0.15) is 17.3 Å². The second-order valence-corrected chi connectivity index (χ2v) is 3.63. The lowest BCUT2D eigenvalue weighted by Gasteiger charge is -2.11. The van der Waals surface area contributed by atoms with Gasteiger partial charge in [-0.05, 0) is 19.1 Å². The summed E-state index contributed by atoms with van der Waals surface area (Å²) in [6, 6.07) is 7.12. The van der Waals surface area contributed by atoms with E-state index >= 15 is 0 Å². The molecule has 0 aliphatic carbocycles. The maximum absolute atomic E-state index is 10.7. The molecular formula is C12H14O4. The van der Waals surface area contributed by atoms with Crippen molar-refractivity contribution in [1.82, 2.24) is 0 Å². The Kier molecular flexibility index (Phi) is 3.54. The molecule has 1 aromatic rings. The van der Waals surface area contributed by atoms with Gasteiger partial charge in [-0.1, -0.05) is 12.1 Å². The van der Waals surface area contributed by atoms with Crippen LogP contribution < -0.4 is 4.74 Å². The number of benzene rings is 1. The van der Waals surface area contributed by atoms with Gasteiger partial charge in [0.15, 0.2) is 12.6 Å². The third-order valence-corrected chi connectivity index (χ3v) is 2.37. The SMILES string of the molecule is C[C@@H]1OC[C@@H](COc2ccccc2C=O)O1. The normalized spacial score (nSPS) is 24.3. The minimum Gasteiger partial charge on any atom is -0.490 e. The van der Waals surface area contributed by atoms with Gasteiger partial charge < -0.3 is 14.2 Å². The summed E-state index contributed by atoms with van der Waals surface area (Å²) in [4.78, 5) is 10.7. The number of para-hydroxylation sites is 1. The van der Waals surface area contributed by atoms with Crippen LogP contribution >= 0.6 is 0 Å². The van der Waals surface area contributed by atoms with E-state index in [1.807, 2.05) is 13.0 Å². The predicted octanol–water partition coefficient (Wildman–Crippen LogP) is 1.64. The topological polar surface area (TPSA) is 44.8 Å². The molecule has 2 atom stereocenters. The van der Waals surface area contributed by atoms with E-state index in [0.29, 0.717) is 24.5 Å². The maximum atomic E-state index is 10.7. The molecule has 0 saturated carbocycles. The average molecular weight is 222 g/mol. The van der Waals surface area contributed by atoms with Gasteiger partial charge in [0, 0.05) is 0 Å². The highest BCUT2D eigenvalue weighted by molar-refractivity contribution is 5.79. The molecule has 1 aromatic carbocycles. The van der Waals surface area contributed by atoms with E-state index in [0.717, 1.165) is 6.29 Å². The van der Waals surface area contributed by atoms with E-state index in [1.54, 1.807) is 18.2 Å². The van der Waals surface area contributed by atoms with Gasteiger partial charge >= 0.3 is 0 Å². The smallest absolute Gasteiger partial charge is 0.155 e. The van der Waals surface area contributed by atoms with Gasteiger partial charge in [0.25, 0.3) is 0 Å². The van der Waals surface area contributed by atoms with Crippen molar-refractivity contribution in [2.45, 2.75) is 19.3 Å². The van der Waals surface area contributed by atoms with Crippen LogP contribution in [0.15, 0.2) is 24.3 Å². The molecule has 4 nitrogen and oxygen atoms in total. The van der Waals surface area contributed by atoms with E-state index in [2.05, 4.69) is 0 Å². The van der Waals surface area contributed by atoms with Crippen molar-refractivity contribution in [2.75, 3.05) is 13.2 Å². The molecule has 1 heterocycles. The summed E-state index contributed by atoms with van der Waals surface area (Å²) in [5.41, 5.74) is 0.550. The van der Waals surface area contributed by atoms with Crippen LogP contribution in [0.3, 0.4) is 0 Å². The van der Waals surface area contributed by atoms with Crippen molar-refractivity contribution in [2.24, 2.45) is 0 Å². The fourth-order valence-electron chi connectivity index (χ4n) is 1.57. The molecule has 1 aliphatic heterocycles. The lowest BCUT2D eigenvalue weighted by atomic mass is 10.2. The Bertz CT molecular complexity index is 364. The van der Waals surface area contributed by atoms with E-state index in [1.165, 1.54) is 0 Å². The molecule has 0 radical (unpaired) electrons. The summed E-state index contributed by atoms with van der Waals surface area (Å²) in [6.07, 6.45) is 0.550. The second kappa shape index (κ2) is 5.09. The molecule has 86 valence electrons. The van der Waals surface area contributed by atoms with Crippen molar-refractivity contribution in [3.63, 3.8) is 0 Å². The van der Waals surface area contributed by atoms with Gasteiger partial charge in [0.1, 0.15) is 18.5 Å². The Morgan fingerprint density at radius 2 is 2.31 bits per heavy atom. The van der Waals surface area contributed by atoms with Crippen LogP contribution in [0.4, 0.5) is 0 Å². The quantitative estimate of drug-likeness (QED) is 0.726. The Balaban J connectivity index is 1.91. The highest BCUT2D eigenvalue weighted by Gasteiger charge is 2.23. The summed E-state index contributed by atoms with van der Waals surface area (Å²) < 4.78 is 16.2. The molecule has 0 bridgehead atoms. The van der Waals surface area contributed by atoms with Crippen molar-refractivity contribution in [1.29, 1.82) is 0 Å².